The second-order valence-corrected chi connectivity index (χ2v) is 4.76. The molecule has 2 N–H and O–H groups in total. The zero-order valence-corrected chi connectivity index (χ0v) is 9.27. The van der Waals surface area contributed by atoms with Crippen LogP contribution in [0.4, 0.5) is 0 Å². The van der Waals surface area contributed by atoms with Gasteiger partial charge >= 0.3 is 0 Å². The van der Waals surface area contributed by atoms with Crippen molar-refractivity contribution in [1.82, 2.24) is 5.32 Å². The Balaban J connectivity index is 2.15. The quantitative estimate of drug-likeness (QED) is 0.659. The average Bonchev–Trinajstić information content (AvgIpc) is 1.99. The summed E-state index contributed by atoms with van der Waals surface area (Å²) >= 11 is 0. The summed E-state index contributed by atoms with van der Waals surface area (Å²) in [5.74, 6) is 0.454. The van der Waals surface area contributed by atoms with Crippen molar-refractivity contribution < 1.29 is 5.11 Å². The second-order valence-electron chi connectivity index (χ2n) is 4.76. The summed E-state index contributed by atoms with van der Waals surface area (Å²) in [6.07, 6.45) is 2.67. The van der Waals surface area contributed by atoms with Crippen molar-refractivity contribution in [2.45, 2.75) is 38.7 Å². The zero-order chi connectivity index (χ0) is 10.8. The fourth-order valence-electron chi connectivity index (χ4n) is 1.83. The van der Waals surface area contributed by atoms with Gasteiger partial charge in [-0.15, -0.1) is 6.58 Å². The highest BCUT2D eigenvalue weighted by molar-refractivity contribution is 5.09. The minimum Gasteiger partial charge on any atom is -0.390 e. The van der Waals surface area contributed by atoms with Crippen molar-refractivity contribution in [2.24, 2.45) is 5.92 Å². The van der Waals surface area contributed by atoms with Gasteiger partial charge < -0.3 is 10.4 Å². The molecule has 0 aromatic carbocycles. The molecule has 0 amide bonds. The van der Waals surface area contributed by atoms with Crippen LogP contribution < -0.4 is 5.32 Å². The van der Waals surface area contributed by atoms with E-state index in [0.29, 0.717) is 5.92 Å². The van der Waals surface area contributed by atoms with Crippen LogP contribution in [0.3, 0.4) is 0 Å². The molecule has 1 fully saturated rings. The van der Waals surface area contributed by atoms with Gasteiger partial charge in [-0.3, -0.25) is 0 Å². The lowest BCUT2D eigenvalue weighted by Gasteiger charge is -2.42. The largest absolute Gasteiger partial charge is 0.390 e. The Morgan fingerprint density at radius 1 is 1.50 bits per heavy atom. The molecule has 0 radical (unpaired) electrons. The van der Waals surface area contributed by atoms with Crippen LogP contribution in [-0.4, -0.2) is 17.3 Å². The summed E-state index contributed by atoms with van der Waals surface area (Å²) < 4.78 is 0. The number of aliphatic hydroxyl groups is 1. The van der Waals surface area contributed by atoms with Gasteiger partial charge in [0, 0.05) is 18.2 Å². The lowest BCUT2D eigenvalue weighted by atomic mass is 9.71. The summed E-state index contributed by atoms with van der Waals surface area (Å²) in [6, 6.07) is 0. The fraction of sp³-hybridized carbons (Fsp3) is 0.667. The highest BCUT2D eigenvalue weighted by Gasteiger charge is 2.39. The maximum atomic E-state index is 9.56. The SMILES string of the molecule is C=C(C)CCNC(=C)C1CC(C)(O)C1. The van der Waals surface area contributed by atoms with Crippen LogP contribution in [0.5, 0.6) is 0 Å². The normalized spacial score (nSPS) is 30.6. The molecule has 1 aliphatic rings. The Hall–Kier alpha value is -0.760. The Morgan fingerprint density at radius 2 is 2.07 bits per heavy atom. The highest BCUT2D eigenvalue weighted by atomic mass is 16.3. The van der Waals surface area contributed by atoms with Gasteiger partial charge in [0.2, 0.25) is 0 Å². The van der Waals surface area contributed by atoms with E-state index in [-0.39, 0.29) is 0 Å². The Labute approximate surface area is 86.7 Å². The molecule has 80 valence electrons. The molecular formula is C12H21NO. The first-order valence-electron chi connectivity index (χ1n) is 5.20. The monoisotopic (exact) mass is 195 g/mol. The molecule has 14 heavy (non-hydrogen) atoms. The van der Waals surface area contributed by atoms with Crippen LogP contribution in [-0.2, 0) is 0 Å². The van der Waals surface area contributed by atoms with Gasteiger partial charge in [-0.2, -0.15) is 0 Å². The van der Waals surface area contributed by atoms with Crippen LogP contribution in [0.2, 0.25) is 0 Å². The summed E-state index contributed by atoms with van der Waals surface area (Å²) in [5, 5.41) is 12.9. The van der Waals surface area contributed by atoms with Crippen LogP contribution >= 0.6 is 0 Å². The molecule has 0 unspecified atom stereocenters. The molecule has 0 aromatic rings. The van der Waals surface area contributed by atoms with E-state index >= 15 is 0 Å². The van der Waals surface area contributed by atoms with E-state index in [9.17, 15) is 5.11 Å². The fourth-order valence-corrected chi connectivity index (χ4v) is 1.83. The van der Waals surface area contributed by atoms with Crippen LogP contribution in [0.25, 0.3) is 0 Å². The summed E-state index contributed by atoms with van der Waals surface area (Å²) in [4.78, 5) is 0. The minimum atomic E-state index is -0.455. The Morgan fingerprint density at radius 3 is 2.50 bits per heavy atom. The summed E-state index contributed by atoms with van der Waals surface area (Å²) in [6.45, 7) is 12.6. The third-order valence-electron chi connectivity index (χ3n) is 2.77. The lowest BCUT2D eigenvalue weighted by molar-refractivity contribution is -0.0466. The van der Waals surface area contributed by atoms with Crippen molar-refractivity contribution in [1.29, 1.82) is 0 Å². The maximum Gasteiger partial charge on any atom is 0.0632 e. The first-order valence-corrected chi connectivity index (χ1v) is 5.20. The van der Waals surface area contributed by atoms with Crippen molar-refractivity contribution in [3.63, 3.8) is 0 Å². The molecule has 0 spiro atoms. The van der Waals surface area contributed by atoms with E-state index in [4.69, 9.17) is 0 Å². The second kappa shape index (κ2) is 4.18. The van der Waals surface area contributed by atoms with E-state index in [1.807, 2.05) is 13.8 Å². The third kappa shape index (κ3) is 3.18. The van der Waals surface area contributed by atoms with Gasteiger partial charge in [0.25, 0.3) is 0 Å². The molecular weight excluding hydrogens is 174 g/mol. The van der Waals surface area contributed by atoms with Crippen LogP contribution in [0.15, 0.2) is 24.4 Å². The molecule has 0 aliphatic heterocycles. The average molecular weight is 195 g/mol. The molecule has 0 saturated heterocycles. The van der Waals surface area contributed by atoms with Gasteiger partial charge in [-0.05, 0) is 33.1 Å². The van der Waals surface area contributed by atoms with E-state index in [1.165, 1.54) is 5.57 Å². The van der Waals surface area contributed by atoms with Gasteiger partial charge in [0.05, 0.1) is 5.60 Å². The van der Waals surface area contributed by atoms with E-state index < -0.39 is 5.60 Å². The molecule has 0 aromatic heterocycles. The number of hydrogen-bond acceptors (Lipinski definition) is 2. The number of nitrogens with one attached hydrogen (secondary N) is 1. The smallest absolute Gasteiger partial charge is 0.0632 e. The maximum absolute atomic E-state index is 9.56. The van der Waals surface area contributed by atoms with Gasteiger partial charge in [-0.1, -0.05) is 12.2 Å². The molecule has 1 saturated carbocycles. The molecule has 1 aliphatic carbocycles. The first kappa shape index (κ1) is 11.3. The van der Waals surface area contributed by atoms with E-state index in [2.05, 4.69) is 18.5 Å². The van der Waals surface area contributed by atoms with Gasteiger partial charge in [0.1, 0.15) is 0 Å². The topological polar surface area (TPSA) is 32.3 Å². The number of allylic oxidation sites excluding steroid dienone is 1. The molecule has 0 heterocycles. The number of hydrogen-bond donors (Lipinski definition) is 2. The molecule has 1 rings (SSSR count). The zero-order valence-electron chi connectivity index (χ0n) is 9.27. The predicted octanol–water partition coefficient (Wildman–Crippen LogP) is 2.22. The highest BCUT2D eigenvalue weighted by Crippen LogP contribution is 2.40. The molecule has 2 heteroatoms. The van der Waals surface area contributed by atoms with Crippen LogP contribution in [0, 0.1) is 5.92 Å². The predicted molar refractivity (Wildman–Crippen MR) is 59.9 cm³/mol. The van der Waals surface area contributed by atoms with Crippen molar-refractivity contribution in [3.05, 3.63) is 24.4 Å². The summed E-state index contributed by atoms with van der Waals surface area (Å²) in [5.41, 5.74) is 1.80. The standard InChI is InChI=1S/C12H21NO/c1-9(2)5-6-13-10(3)11-7-12(4,14)8-11/h11,13-14H,1,3,5-8H2,2,4H3. The first-order chi connectivity index (χ1) is 6.41. The van der Waals surface area contributed by atoms with E-state index in [0.717, 1.165) is 31.5 Å². The van der Waals surface area contributed by atoms with Gasteiger partial charge in [0.15, 0.2) is 0 Å². The van der Waals surface area contributed by atoms with Crippen molar-refractivity contribution in [2.75, 3.05) is 6.54 Å². The Kier molecular flexibility index (Phi) is 3.38. The molecule has 0 bridgehead atoms. The third-order valence-corrected chi connectivity index (χ3v) is 2.77. The minimum absolute atomic E-state index is 0.454. The Bertz CT molecular complexity index is 235. The lowest BCUT2D eigenvalue weighted by Crippen LogP contribution is -2.43. The van der Waals surface area contributed by atoms with Crippen LogP contribution in [0.1, 0.15) is 33.1 Å². The van der Waals surface area contributed by atoms with Crippen molar-refractivity contribution in [3.8, 4) is 0 Å². The molecule has 0 atom stereocenters. The van der Waals surface area contributed by atoms with Crippen molar-refractivity contribution >= 4 is 0 Å². The molecule has 2 nitrogen and oxygen atoms in total. The number of rotatable bonds is 5. The van der Waals surface area contributed by atoms with E-state index in [1.54, 1.807) is 0 Å². The van der Waals surface area contributed by atoms with Gasteiger partial charge in [-0.25, -0.2) is 0 Å². The summed E-state index contributed by atoms with van der Waals surface area (Å²) in [7, 11) is 0.